The average molecular weight is 428 g/mol. The molecule has 0 N–H and O–H groups in total. The highest BCUT2D eigenvalue weighted by atomic mass is 16.5. The third-order valence-electron chi connectivity index (χ3n) is 6.35. The van der Waals surface area contributed by atoms with Gasteiger partial charge < -0.3 is 4.52 Å². The van der Waals surface area contributed by atoms with E-state index in [1.807, 2.05) is 49.4 Å². The second-order valence-electron chi connectivity index (χ2n) is 8.34. The molecule has 3 aliphatic rings. The molecular formula is C23H20N6O3. The number of amides is 2. The zero-order valence-electron chi connectivity index (χ0n) is 17.4. The lowest BCUT2D eigenvalue weighted by atomic mass is 10.1. The fourth-order valence-corrected chi connectivity index (χ4v) is 4.70. The Hall–Kier alpha value is -3.88. The maximum absolute atomic E-state index is 13.2. The van der Waals surface area contributed by atoms with E-state index in [4.69, 9.17) is 4.52 Å². The summed E-state index contributed by atoms with van der Waals surface area (Å²) in [6, 6.07) is 11.9. The van der Waals surface area contributed by atoms with Crippen LogP contribution in [0.5, 0.6) is 0 Å². The minimum absolute atomic E-state index is 0.0978. The standard InChI is InChI=1S/C23H20N6O3/c1-13-5-2-3-8-17(13)21-24-18(32-26-21)12-28-20-19(25-27-28)22(30)29(23(20)31)16-10-9-14-6-4-7-15(14)11-16/h2-3,5,8-11,19-20H,4,6-7,12H2,1H3/t19-,20-/m0/s1. The molecule has 32 heavy (non-hydrogen) atoms. The number of hydrogen-bond donors (Lipinski definition) is 0. The van der Waals surface area contributed by atoms with E-state index in [0.717, 1.165) is 30.4 Å². The molecule has 2 aromatic carbocycles. The first-order valence-corrected chi connectivity index (χ1v) is 10.7. The summed E-state index contributed by atoms with van der Waals surface area (Å²) in [4.78, 5) is 31.9. The van der Waals surface area contributed by atoms with E-state index in [9.17, 15) is 9.59 Å². The molecule has 160 valence electrons. The Morgan fingerprint density at radius 3 is 2.78 bits per heavy atom. The molecule has 9 heteroatoms. The first-order valence-electron chi connectivity index (χ1n) is 10.7. The first-order chi connectivity index (χ1) is 15.6. The molecule has 3 heterocycles. The van der Waals surface area contributed by atoms with Crippen LogP contribution in [0.25, 0.3) is 11.4 Å². The number of rotatable bonds is 4. The number of fused-ring (bicyclic) bond motifs is 2. The van der Waals surface area contributed by atoms with E-state index in [-0.39, 0.29) is 18.4 Å². The van der Waals surface area contributed by atoms with Crippen molar-refractivity contribution in [3.63, 3.8) is 0 Å². The van der Waals surface area contributed by atoms with E-state index < -0.39 is 12.1 Å². The number of nitrogens with zero attached hydrogens (tertiary/aromatic N) is 6. The van der Waals surface area contributed by atoms with Gasteiger partial charge >= 0.3 is 0 Å². The highest BCUT2D eigenvalue weighted by Gasteiger charge is 2.55. The SMILES string of the molecule is Cc1ccccc1-c1noc(CN2N=N[C@@H]3C(=O)N(c4ccc5c(c4)CCC5)C(=O)[C@H]32)n1. The third-order valence-corrected chi connectivity index (χ3v) is 6.35. The van der Waals surface area contributed by atoms with Gasteiger partial charge in [0.1, 0.15) is 6.54 Å². The largest absolute Gasteiger partial charge is 0.337 e. The van der Waals surface area contributed by atoms with Crippen molar-refractivity contribution in [2.45, 2.75) is 44.8 Å². The lowest BCUT2D eigenvalue weighted by Gasteiger charge is -2.19. The van der Waals surface area contributed by atoms with Crippen molar-refractivity contribution in [3.8, 4) is 11.4 Å². The van der Waals surface area contributed by atoms with Crippen LogP contribution in [0.4, 0.5) is 5.69 Å². The summed E-state index contributed by atoms with van der Waals surface area (Å²) < 4.78 is 5.39. The fraction of sp³-hybridized carbons (Fsp3) is 0.304. The van der Waals surface area contributed by atoms with Crippen molar-refractivity contribution in [1.29, 1.82) is 0 Å². The maximum Gasteiger partial charge on any atom is 0.263 e. The molecular weight excluding hydrogens is 408 g/mol. The zero-order valence-corrected chi connectivity index (χ0v) is 17.4. The smallest absolute Gasteiger partial charge is 0.263 e. The first kappa shape index (κ1) is 18.9. The van der Waals surface area contributed by atoms with E-state index in [2.05, 4.69) is 20.5 Å². The monoisotopic (exact) mass is 428 g/mol. The number of aryl methyl sites for hydroxylation is 3. The number of aromatic nitrogens is 2. The van der Waals surface area contributed by atoms with Gasteiger partial charge in [-0.15, -0.1) is 0 Å². The summed E-state index contributed by atoms with van der Waals surface area (Å²) in [5.74, 6) is 0.0929. The molecule has 0 radical (unpaired) electrons. The van der Waals surface area contributed by atoms with Gasteiger partial charge in [0.15, 0.2) is 12.1 Å². The van der Waals surface area contributed by atoms with Crippen molar-refractivity contribution in [2.24, 2.45) is 10.3 Å². The number of hydrogen-bond acceptors (Lipinski definition) is 8. The lowest BCUT2D eigenvalue weighted by molar-refractivity contribution is -0.123. The molecule has 1 fully saturated rings. The fourth-order valence-electron chi connectivity index (χ4n) is 4.70. The highest BCUT2D eigenvalue weighted by molar-refractivity contribution is 6.25. The Balaban J connectivity index is 1.24. The Kier molecular flexibility index (Phi) is 4.17. The minimum Gasteiger partial charge on any atom is -0.337 e. The molecule has 0 bridgehead atoms. The Labute approximate surface area is 183 Å². The zero-order chi connectivity index (χ0) is 21.8. The Bertz CT molecular complexity index is 1280. The van der Waals surface area contributed by atoms with Crippen LogP contribution in [-0.4, -0.2) is 39.0 Å². The van der Waals surface area contributed by atoms with Crippen LogP contribution in [-0.2, 0) is 29.0 Å². The summed E-state index contributed by atoms with van der Waals surface area (Å²) in [6.45, 7) is 2.07. The number of anilines is 1. The van der Waals surface area contributed by atoms with Crippen molar-refractivity contribution in [1.82, 2.24) is 15.1 Å². The van der Waals surface area contributed by atoms with Gasteiger partial charge in [-0.25, -0.2) is 4.90 Å². The summed E-state index contributed by atoms with van der Waals surface area (Å²) in [5, 5.41) is 13.7. The molecule has 0 spiro atoms. The quantitative estimate of drug-likeness (QED) is 0.592. The minimum atomic E-state index is -0.852. The Morgan fingerprint density at radius 1 is 1.06 bits per heavy atom. The number of imide groups is 1. The van der Waals surface area contributed by atoms with Crippen LogP contribution in [0.2, 0.25) is 0 Å². The predicted molar refractivity (Wildman–Crippen MR) is 113 cm³/mol. The van der Waals surface area contributed by atoms with Gasteiger partial charge in [0.2, 0.25) is 11.7 Å². The average Bonchev–Trinajstić information content (AvgIpc) is 3.56. The van der Waals surface area contributed by atoms with Crippen LogP contribution in [0, 0.1) is 6.92 Å². The van der Waals surface area contributed by atoms with E-state index >= 15 is 0 Å². The normalized spacial score (nSPS) is 21.5. The molecule has 0 unspecified atom stereocenters. The Morgan fingerprint density at radius 2 is 1.91 bits per heavy atom. The van der Waals surface area contributed by atoms with Crippen LogP contribution >= 0.6 is 0 Å². The molecule has 2 aliphatic heterocycles. The van der Waals surface area contributed by atoms with Gasteiger partial charge in [-0.05, 0) is 55.0 Å². The van der Waals surface area contributed by atoms with Gasteiger partial charge in [0.05, 0.1) is 5.69 Å². The number of carbonyl (C=O) groups excluding carboxylic acids is 2. The van der Waals surface area contributed by atoms with Gasteiger partial charge in [0, 0.05) is 5.56 Å². The summed E-state index contributed by atoms with van der Waals surface area (Å²) in [7, 11) is 0. The summed E-state index contributed by atoms with van der Waals surface area (Å²) in [5.41, 5.74) is 4.99. The molecule has 3 aromatic rings. The second kappa shape index (κ2) is 7.08. The van der Waals surface area contributed by atoms with Crippen LogP contribution < -0.4 is 4.90 Å². The summed E-state index contributed by atoms with van der Waals surface area (Å²) in [6.07, 6.45) is 3.11. The number of benzene rings is 2. The molecule has 1 aromatic heterocycles. The van der Waals surface area contributed by atoms with Gasteiger partial charge in [0.25, 0.3) is 11.8 Å². The van der Waals surface area contributed by atoms with Crippen LogP contribution in [0.15, 0.2) is 57.3 Å². The number of carbonyl (C=O) groups is 2. The van der Waals surface area contributed by atoms with E-state index in [1.54, 1.807) is 0 Å². The molecule has 9 nitrogen and oxygen atoms in total. The molecule has 6 rings (SSSR count). The molecule has 2 amide bonds. The topological polar surface area (TPSA) is 104 Å². The van der Waals surface area contributed by atoms with Crippen molar-refractivity contribution < 1.29 is 14.1 Å². The van der Waals surface area contributed by atoms with Gasteiger partial charge in [-0.3, -0.25) is 14.6 Å². The van der Waals surface area contributed by atoms with Gasteiger partial charge in [-0.1, -0.05) is 40.7 Å². The third kappa shape index (κ3) is 2.84. The van der Waals surface area contributed by atoms with Crippen molar-refractivity contribution >= 4 is 17.5 Å². The second-order valence-corrected chi connectivity index (χ2v) is 8.34. The van der Waals surface area contributed by atoms with E-state index in [0.29, 0.717) is 17.4 Å². The van der Waals surface area contributed by atoms with Crippen molar-refractivity contribution in [3.05, 3.63) is 65.0 Å². The molecule has 2 atom stereocenters. The summed E-state index contributed by atoms with van der Waals surface area (Å²) >= 11 is 0. The van der Waals surface area contributed by atoms with Gasteiger partial charge in [-0.2, -0.15) is 10.1 Å². The molecule has 1 aliphatic carbocycles. The van der Waals surface area contributed by atoms with Crippen LogP contribution in [0.1, 0.15) is 29.0 Å². The predicted octanol–water partition coefficient (Wildman–Crippen LogP) is 3.03. The molecule has 0 saturated carbocycles. The van der Waals surface area contributed by atoms with Crippen LogP contribution in [0.3, 0.4) is 0 Å². The highest BCUT2D eigenvalue weighted by Crippen LogP contribution is 2.35. The molecule has 1 saturated heterocycles. The van der Waals surface area contributed by atoms with E-state index in [1.165, 1.54) is 21.0 Å². The lowest BCUT2D eigenvalue weighted by Crippen LogP contribution is -2.39. The maximum atomic E-state index is 13.2. The van der Waals surface area contributed by atoms with Crippen molar-refractivity contribution in [2.75, 3.05) is 4.90 Å².